The highest BCUT2D eigenvalue weighted by Gasteiger charge is 2.17. The van der Waals surface area contributed by atoms with Crippen molar-refractivity contribution in [1.29, 1.82) is 0 Å². The van der Waals surface area contributed by atoms with Crippen molar-refractivity contribution in [3.05, 3.63) is 69.8 Å². The number of aromatic nitrogens is 2. The zero-order valence-electron chi connectivity index (χ0n) is 18.2. The smallest absolute Gasteiger partial charge is 0.227 e. The monoisotopic (exact) mass is 396 g/mol. The molecule has 0 aliphatic heterocycles. The minimum atomic E-state index is 0.644. The lowest BCUT2D eigenvalue weighted by Gasteiger charge is -2.07. The number of fused-ring (bicyclic) bond motifs is 2. The summed E-state index contributed by atoms with van der Waals surface area (Å²) >= 11 is 0. The van der Waals surface area contributed by atoms with Gasteiger partial charge < -0.3 is 8.83 Å². The number of nitrogens with zero attached hydrogens (tertiary/aromatic N) is 2. The van der Waals surface area contributed by atoms with Gasteiger partial charge in [0.25, 0.3) is 0 Å². The Bertz CT molecular complexity index is 1260. The second-order valence-electron chi connectivity index (χ2n) is 8.33. The summed E-state index contributed by atoms with van der Waals surface area (Å²) in [5.41, 5.74) is 12.4. The van der Waals surface area contributed by atoms with Gasteiger partial charge in [-0.3, -0.25) is 0 Å². The third kappa shape index (κ3) is 2.91. The number of hydrogen-bond acceptors (Lipinski definition) is 4. The molecule has 2 aromatic heterocycles. The Morgan fingerprint density at radius 2 is 0.833 bits per heavy atom. The third-order valence-electron chi connectivity index (χ3n) is 6.04. The van der Waals surface area contributed by atoms with E-state index in [0.29, 0.717) is 11.8 Å². The van der Waals surface area contributed by atoms with Gasteiger partial charge in [0.05, 0.1) is 0 Å². The molecule has 0 unspecified atom stereocenters. The van der Waals surface area contributed by atoms with Crippen LogP contribution in [0.25, 0.3) is 45.1 Å². The van der Waals surface area contributed by atoms with Crippen LogP contribution in [0, 0.1) is 41.5 Å². The van der Waals surface area contributed by atoms with E-state index in [0.717, 1.165) is 44.5 Å². The first-order valence-corrected chi connectivity index (χ1v) is 10.2. The Hall–Kier alpha value is -3.40. The molecule has 2 heterocycles. The van der Waals surface area contributed by atoms with Crippen LogP contribution in [-0.4, -0.2) is 9.97 Å². The predicted octanol–water partition coefficient (Wildman–Crippen LogP) is 7.15. The van der Waals surface area contributed by atoms with Crippen LogP contribution in [-0.2, 0) is 0 Å². The second-order valence-corrected chi connectivity index (χ2v) is 8.33. The Morgan fingerprint density at radius 1 is 0.467 bits per heavy atom. The Kier molecular flexibility index (Phi) is 4.07. The molecule has 4 heteroatoms. The number of hydrogen-bond donors (Lipinski definition) is 0. The van der Waals surface area contributed by atoms with Gasteiger partial charge in [-0.2, -0.15) is 0 Å². The summed E-state index contributed by atoms with van der Waals surface area (Å²) in [7, 11) is 0. The lowest BCUT2D eigenvalue weighted by molar-refractivity contribution is 0.616. The van der Waals surface area contributed by atoms with E-state index in [1.807, 2.05) is 0 Å². The van der Waals surface area contributed by atoms with Gasteiger partial charge in [0.2, 0.25) is 11.8 Å². The Balaban J connectivity index is 1.62. The molecule has 0 N–H and O–H groups in total. The van der Waals surface area contributed by atoms with E-state index < -0.39 is 0 Å². The summed E-state index contributed by atoms with van der Waals surface area (Å²) in [5, 5.41) is 0. The molecule has 0 atom stereocenters. The van der Waals surface area contributed by atoms with Crippen molar-refractivity contribution in [2.45, 2.75) is 41.5 Å². The lowest BCUT2D eigenvalue weighted by Crippen LogP contribution is -1.90. The highest BCUT2D eigenvalue weighted by molar-refractivity contribution is 5.81. The molecule has 0 spiro atoms. The normalized spacial score (nSPS) is 11.7. The fourth-order valence-corrected chi connectivity index (χ4v) is 3.87. The highest BCUT2D eigenvalue weighted by atomic mass is 16.4. The van der Waals surface area contributed by atoms with E-state index in [4.69, 9.17) is 18.8 Å². The summed E-state index contributed by atoms with van der Waals surface area (Å²) in [6.45, 7) is 12.5. The van der Waals surface area contributed by atoms with Crippen molar-refractivity contribution >= 4 is 22.2 Å². The SMILES string of the molecule is Cc1cc2nc(-c3cc(C)c(-c4nc5cc(C)c(C)cc5o4)cc3C)oc2cc1C. The molecule has 5 aromatic rings. The van der Waals surface area contributed by atoms with Gasteiger partial charge in [0, 0.05) is 11.1 Å². The van der Waals surface area contributed by atoms with E-state index in [2.05, 4.69) is 77.9 Å². The molecule has 0 aliphatic carbocycles. The number of rotatable bonds is 2. The molecule has 0 aliphatic rings. The van der Waals surface area contributed by atoms with E-state index in [1.54, 1.807) is 0 Å². The van der Waals surface area contributed by atoms with Crippen molar-refractivity contribution in [2.75, 3.05) is 0 Å². The van der Waals surface area contributed by atoms with Gasteiger partial charge in [0.15, 0.2) is 11.2 Å². The van der Waals surface area contributed by atoms with Gasteiger partial charge >= 0.3 is 0 Å². The van der Waals surface area contributed by atoms with E-state index >= 15 is 0 Å². The van der Waals surface area contributed by atoms with Gasteiger partial charge in [-0.15, -0.1) is 0 Å². The third-order valence-corrected chi connectivity index (χ3v) is 6.04. The quantitative estimate of drug-likeness (QED) is 0.318. The first-order valence-electron chi connectivity index (χ1n) is 10.2. The van der Waals surface area contributed by atoms with Crippen LogP contribution >= 0.6 is 0 Å². The standard InChI is InChI=1S/C26H24N2O2/c1-13-9-21-23(11-15(13)3)29-25(27-21)19-7-18(6)20(8-17(19)5)26-28-22-10-14(2)16(4)12-24(22)30-26/h7-12H,1-6H3. The number of benzene rings is 3. The molecule has 5 rings (SSSR count). The van der Waals surface area contributed by atoms with Gasteiger partial charge in [0.1, 0.15) is 11.0 Å². The summed E-state index contributed by atoms with van der Waals surface area (Å²) in [6.07, 6.45) is 0. The first-order chi connectivity index (χ1) is 14.3. The van der Waals surface area contributed by atoms with Crippen molar-refractivity contribution < 1.29 is 8.83 Å². The first kappa shape index (κ1) is 18.6. The molecular formula is C26H24N2O2. The average molecular weight is 396 g/mol. The minimum Gasteiger partial charge on any atom is -0.436 e. The summed E-state index contributed by atoms with van der Waals surface area (Å²) in [6, 6.07) is 12.5. The van der Waals surface area contributed by atoms with Crippen LogP contribution in [0.2, 0.25) is 0 Å². The van der Waals surface area contributed by atoms with Crippen molar-refractivity contribution in [1.82, 2.24) is 9.97 Å². The summed E-state index contributed by atoms with van der Waals surface area (Å²) < 4.78 is 12.2. The Labute approximate surface area is 175 Å². The average Bonchev–Trinajstić information content (AvgIpc) is 3.27. The maximum atomic E-state index is 6.10. The molecule has 4 nitrogen and oxygen atoms in total. The Morgan fingerprint density at radius 3 is 1.23 bits per heavy atom. The van der Waals surface area contributed by atoms with Gasteiger partial charge in [-0.1, -0.05) is 0 Å². The van der Waals surface area contributed by atoms with Crippen LogP contribution in [0.5, 0.6) is 0 Å². The molecule has 0 radical (unpaired) electrons. The largest absolute Gasteiger partial charge is 0.436 e. The summed E-state index contributed by atoms with van der Waals surface area (Å²) in [5.74, 6) is 1.29. The van der Waals surface area contributed by atoms with E-state index in [-0.39, 0.29) is 0 Å². The van der Waals surface area contributed by atoms with Gasteiger partial charge in [-0.05, 0) is 111 Å². The van der Waals surface area contributed by atoms with Crippen LogP contribution in [0.4, 0.5) is 0 Å². The zero-order chi connectivity index (χ0) is 21.2. The molecule has 0 amide bonds. The lowest BCUT2D eigenvalue weighted by atomic mass is 10.00. The fourth-order valence-electron chi connectivity index (χ4n) is 3.87. The number of aryl methyl sites for hydroxylation is 6. The van der Waals surface area contributed by atoms with Crippen LogP contribution in [0.1, 0.15) is 33.4 Å². The molecule has 0 saturated carbocycles. The fraction of sp³-hybridized carbons (Fsp3) is 0.231. The predicted molar refractivity (Wildman–Crippen MR) is 121 cm³/mol. The minimum absolute atomic E-state index is 0.644. The van der Waals surface area contributed by atoms with Crippen molar-refractivity contribution in [2.24, 2.45) is 0 Å². The molecular weight excluding hydrogens is 372 g/mol. The molecule has 30 heavy (non-hydrogen) atoms. The van der Waals surface area contributed by atoms with Crippen LogP contribution in [0.3, 0.4) is 0 Å². The highest BCUT2D eigenvalue weighted by Crippen LogP contribution is 2.34. The van der Waals surface area contributed by atoms with Gasteiger partial charge in [-0.25, -0.2) is 9.97 Å². The molecule has 0 fully saturated rings. The number of oxazole rings is 2. The topological polar surface area (TPSA) is 52.1 Å². The summed E-state index contributed by atoms with van der Waals surface area (Å²) in [4.78, 5) is 9.48. The molecule has 150 valence electrons. The molecule has 3 aromatic carbocycles. The van der Waals surface area contributed by atoms with Crippen molar-refractivity contribution in [3.8, 4) is 22.9 Å². The second kappa shape index (κ2) is 6.56. The molecule has 0 saturated heterocycles. The van der Waals surface area contributed by atoms with Crippen LogP contribution < -0.4 is 0 Å². The maximum absolute atomic E-state index is 6.10. The van der Waals surface area contributed by atoms with Crippen molar-refractivity contribution in [3.63, 3.8) is 0 Å². The van der Waals surface area contributed by atoms with E-state index in [9.17, 15) is 0 Å². The molecule has 0 bridgehead atoms. The van der Waals surface area contributed by atoms with E-state index in [1.165, 1.54) is 22.3 Å². The van der Waals surface area contributed by atoms with Crippen LogP contribution in [0.15, 0.2) is 45.2 Å². The zero-order valence-corrected chi connectivity index (χ0v) is 18.2. The maximum Gasteiger partial charge on any atom is 0.227 e.